The normalized spacial score (nSPS) is 11.3. The highest BCUT2D eigenvalue weighted by Crippen LogP contribution is 2.12. The Bertz CT molecular complexity index is 454. The van der Waals surface area contributed by atoms with Crippen molar-refractivity contribution in [2.24, 2.45) is 5.73 Å². The molecule has 0 unspecified atom stereocenters. The number of nitrogens with one attached hydrogen (secondary N) is 1. The summed E-state index contributed by atoms with van der Waals surface area (Å²) in [7, 11) is -3.34. The van der Waals surface area contributed by atoms with Gasteiger partial charge in [-0.05, 0) is 17.7 Å². The molecule has 0 spiro atoms. The van der Waals surface area contributed by atoms with Crippen LogP contribution in [0.15, 0.2) is 24.3 Å². The number of benzene rings is 1. The topological polar surface area (TPSA) is 84.0 Å². The van der Waals surface area contributed by atoms with Gasteiger partial charge in [-0.2, -0.15) is 0 Å². The molecule has 3 N–H and O–H groups in total. The Morgan fingerprint density at radius 1 is 1.33 bits per heavy atom. The highest BCUT2D eigenvalue weighted by Gasteiger charge is 2.13. The van der Waals surface area contributed by atoms with Gasteiger partial charge in [-0.3, -0.25) is 5.41 Å². The predicted octanol–water partition coefficient (Wildman–Crippen LogP) is 1.19. The molecule has 0 fully saturated rings. The maximum atomic E-state index is 11.4. The Hall–Kier alpha value is -1.07. The van der Waals surface area contributed by atoms with Crippen molar-refractivity contribution in [1.29, 1.82) is 5.41 Å². The van der Waals surface area contributed by atoms with E-state index < -0.39 is 15.6 Å². The molecular formula is C9H11ClN2O2S. The molecule has 0 saturated heterocycles. The number of hydrogen-bond acceptors (Lipinski definition) is 3. The van der Waals surface area contributed by atoms with Crippen molar-refractivity contribution in [3.05, 3.63) is 34.9 Å². The Morgan fingerprint density at radius 3 is 2.33 bits per heavy atom. The third-order valence-corrected chi connectivity index (χ3v) is 3.45. The van der Waals surface area contributed by atoms with Crippen LogP contribution in [0.25, 0.3) is 0 Å². The smallest absolute Gasteiger partial charge is 0.161 e. The lowest BCUT2D eigenvalue weighted by Crippen LogP contribution is -2.23. The van der Waals surface area contributed by atoms with E-state index in [-0.39, 0.29) is 11.6 Å². The first-order valence-corrected chi connectivity index (χ1v) is 6.37. The number of halogens is 1. The van der Waals surface area contributed by atoms with Gasteiger partial charge in [0.2, 0.25) is 0 Å². The molecule has 0 aliphatic rings. The SMILES string of the molecule is N=C(N)CS(=O)(=O)Cc1ccc(Cl)cc1. The summed E-state index contributed by atoms with van der Waals surface area (Å²) in [5.74, 6) is -0.872. The van der Waals surface area contributed by atoms with Crippen molar-refractivity contribution in [2.45, 2.75) is 5.75 Å². The predicted molar refractivity (Wildman–Crippen MR) is 60.9 cm³/mol. The van der Waals surface area contributed by atoms with E-state index in [1.807, 2.05) is 0 Å². The third kappa shape index (κ3) is 4.31. The third-order valence-electron chi connectivity index (χ3n) is 1.68. The molecule has 0 radical (unpaired) electrons. The number of nitrogens with two attached hydrogens (primary N) is 1. The summed E-state index contributed by atoms with van der Waals surface area (Å²) in [6.45, 7) is 0. The molecule has 0 aliphatic heterocycles. The van der Waals surface area contributed by atoms with Crippen LogP contribution in [0, 0.1) is 5.41 Å². The monoisotopic (exact) mass is 246 g/mol. The average Bonchev–Trinajstić information content (AvgIpc) is 2.06. The number of amidine groups is 1. The second-order valence-corrected chi connectivity index (χ2v) is 5.68. The van der Waals surface area contributed by atoms with Crippen molar-refractivity contribution >= 4 is 27.3 Å². The van der Waals surface area contributed by atoms with Crippen LogP contribution >= 0.6 is 11.6 Å². The maximum absolute atomic E-state index is 11.4. The van der Waals surface area contributed by atoms with Crippen molar-refractivity contribution in [3.8, 4) is 0 Å². The molecule has 1 aromatic carbocycles. The van der Waals surface area contributed by atoms with Crippen molar-refractivity contribution in [3.63, 3.8) is 0 Å². The summed E-state index contributed by atoms with van der Waals surface area (Å²) in [6, 6.07) is 6.53. The van der Waals surface area contributed by atoms with Crippen LogP contribution < -0.4 is 5.73 Å². The van der Waals surface area contributed by atoms with E-state index in [1.54, 1.807) is 24.3 Å². The Balaban J connectivity index is 2.78. The molecule has 1 rings (SSSR count). The molecule has 6 heteroatoms. The maximum Gasteiger partial charge on any atom is 0.161 e. The van der Waals surface area contributed by atoms with Crippen molar-refractivity contribution in [2.75, 3.05) is 5.75 Å². The fraction of sp³-hybridized carbons (Fsp3) is 0.222. The average molecular weight is 247 g/mol. The molecule has 1 aromatic rings. The van der Waals surface area contributed by atoms with E-state index in [2.05, 4.69) is 0 Å². The first kappa shape index (κ1) is 12.0. The van der Waals surface area contributed by atoms with Gasteiger partial charge in [-0.1, -0.05) is 23.7 Å². The summed E-state index contributed by atoms with van der Waals surface area (Å²) in [5.41, 5.74) is 5.68. The van der Waals surface area contributed by atoms with Crippen LogP contribution in [-0.4, -0.2) is 20.0 Å². The summed E-state index contributed by atoms with van der Waals surface area (Å²) in [4.78, 5) is 0. The lowest BCUT2D eigenvalue weighted by atomic mass is 10.2. The highest BCUT2D eigenvalue weighted by molar-refractivity contribution is 7.91. The van der Waals surface area contributed by atoms with Crippen molar-refractivity contribution < 1.29 is 8.42 Å². The molecule has 4 nitrogen and oxygen atoms in total. The number of rotatable bonds is 4. The Labute approximate surface area is 93.5 Å². The Kier molecular flexibility index (Phi) is 3.71. The minimum absolute atomic E-state index is 0.121. The summed E-state index contributed by atoms with van der Waals surface area (Å²) >= 11 is 5.66. The second kappa shape index (κ2) is 4.63. The molecule has 0 aliphatic carbocycles. The van der Waals surface area contributed by atoms with E-state index in [0.717, 1.165) is 0 Å². The fourth-order valence-electron chi connectivity index (χ4n) is 1.12. The lowest BCUT2D eigenvalue weighted by molar-refractivity contribution is 0.599. The standard InChI is InChI=1S/C9H11ClN2O2S/c10-8-3-1-7(2-4-8)5-15(13,14)6-9(11)12/h1-4H,5-6H2,(H3,11,12). The van der Waals surface area contributed by atoms with Gasteiger partial charge in [-0.15, -0.1) is 0 Å². The summed E-state index contributed by atoms with van der Waals surface area (Å²) in [5, 5.41) is 7.49. The molecule has 0 saturated carbocycles. The quantitative estimate of drug-likeness (QED) is 0.618. The van der Waals surface area contributed by atoms with E-state index >= 15 is 0 Å². The molecule has 15 heavy (non-hydrogen) atoms. The minimum atomic E-state index is -3.34. The molecular weight excluding hydrogens is 236 g/mol. The van der Waals surface area contributed by atoms with Gasteiger partial charge in [0, 0.05) is 5.02 Å². The van der Waals surface area contributed by atoms with Gasteiger partial charge >= 0.3 is 0 Å². The van der Waals surface area contributed by atoms with Gasteiger partial charge < -0.3 is 5.73 Å². The van der Waals surface area contributed by atoms with E-state index in [0.29, 0.717) is 10.6 Å². The molecule has 0 aromatic heterocycles. The summed E-state index contributed by atoms with van der Waals surface area (Å²) < 4.78 is 22.9. The molecule has 0 amide bonds. The van der Waals surface area contributed by atoms with Gasteiger partial charge in [-0.25, -0.2) is 8.42 Å². The number of hydrogen-bond donors (Lipinski definition) is 2. The van der Waals surface area contributed by atoms with Crippen LogP contribution in [0.1, 0.15) is 5.56 Å². The minimum Gasteiger partial charge on any atom is -0.387 e. The molecule has 0 bridgehead atoms. The molecule has 82 valence electrons. The van der Waals surface area contributed by atoms with Gasteiger partial charge in [0.05, 0.1) is 5.75 Å². The van der Waals surface area contributed by atoms with Gasteiger partial charge in [0.1, 0.15) is 11.6 Å². The zero-order valence-corrected chi connectivity index (χ0v) is 9.48. The first-order chi connectivity index (χ1) is 6.89. The molecule has 0 heterocycles. The second-order valence-electron chi connectivity index (χ2n) is 3.18. The van der Waals surface area contributed by atoms with Gasteiger partial charge in [0.15, 0.2) is 9.84 Å². The zero-order chi connectivity index (χ0) is 11.5. The molecule has 0 atom stereocenters. The fourth-order valence-corrected chi connectivity index (χ4v) is 2.52. The van der Waals surface area contributed by atoms with Crippen LogP contribution in [0.3, 0.4) is 0 Å². The first-order valence-electron chi connectivity index (χ1n) is 4.17. The summed E-state index contributed by atoms with van der Waals surface area (Å²) in [6.07, 6.45) is 0. The Morgan fingerprint density at radius 2 is 1.87 bits per heavy atom. The van der Waals surface area contributed by atoms with Crippen LogP contribution in [0.2, 0.25) is 5.02 Å². The van der Waals surface area contributed by atoms with E-state index in [4.69, 9.17) is 22.7 Å². The largest absolute Gasteiger partial charge is 0.387 e. The van der Waals surface area contributed by atoms with Crippen LogP contribution in [0.5, 0.6) is 0 Å². The number of sulfone groups is 1. The van der Waals surface area contributed by atoms with Crippen LogP contribution in [-0.2, 0) is 15.6 Å². The van der Waals surface area contributed by atoms with E-state index in [9.17, 15) is 8.42 Å². The highest BCUT2D eigenvalue weighted by atomic mass is 35.5. The zero-order valence-electron chi connectivity index (χ0n) is 7.90. The van der Waals surface area contributed by atoms with Crippen LogP contribution in [0.4, 0.5) is 0 Å². The van der Waals surface area contributed by atoms with E-state index in [1.165, 1.54) is 0 Å². The van der Waals surface area contributed by atoms with Gasteiger partial charge in [0.25, 0.3) is 0 Å². The van der Waals surface area contributed by atoms with Crippen molar-refractivity contribution in [1.82, 2.24) is 0 Å². The lowest BCUT2D eigenvalue weighted by Gasteiger charge is -2.03.